The van der Waals surface area contributed by atoms with Crippen molar-refractivity contribution in [2.45, 2.75) is 51.2 Å². The molecule has 2 aromatic heterocycles. The van der Waals surface area contributed by atoms with Crippen LogP contribution in [0.15, 0.2) is 35.0 Å². The fraction of sp³-hybridized carbons (Fsp3) is 0.400. The summed E-state index contributed by atoms with van der Waals surface area (Å²) in [6.45, 7) is 4.10. The third-order valence-corrected chi connectivity index (χ3v) is 7.04. The van der Waals surface area contributed by atoms with Crippen LogP contribution in [0.2, 0.25) is 10.0 Å². The van der Waals surface area contributed by atoms with E-state index in [1.54, 1.807) is 6.20 Å². The SMILES string of the molecule is Cc1cc(N2CCC(OCc3c(-c4c(Cl)cccc4Cl)noc3C3CC3)CC2)cnc1C#N. The molecular formula is C25H24Cl2N4O2. The molecule has 0 spiro atoms. The first-order valence-corrected chi connectivity index (χ1v) is 12.0. The lowest BCUT2D eigenvalue weighted by molar-refractivity contribution is 0.0246. The van der Waals surface area contributed by atoms with Gasteiger partial charge >= 0.3 is 0 Å². The van der Waals surface area contributed by atoms with Crippen molar-refractivity contribution in [2.75, 3.05) is 18.0 Å². The van der Waals surface area contributed by atoms with Crippen LogP contribution in [0.4, 0.5) is 5.69 Å². The summed E-state index contributed by atoms with van der Waals surface area (Å²) < 4.78 is 12.1. The van der Waals surface area contributed by atoms with Crippen LogP contribution in [0.3, 0.4) is 0 Å². The molecule has 170 valence electrons. The molecule has 1 saturated carbocycles. The van der Waals surface area contributed by atoms with E-state index in [4.69, 9.17) is 37.7 Å². The standard InChI is InChI=1S/C25H24Cl2N4O2/c1-15-11-17(13-29-22(15)12-28)31-9-7-18(8-10-31)32-14-19-24(30-33-25(19)16-5-6-16)23-20(26)3-2-4-21(23)27/h2-4,11,13,16,18H,5-10,14H2,1H3. The van der Waals surface area contributed by atoms with Crippen molar-refractivity contribution in [1.29, 1.82) is 5.26 Å². The van der Waals surface area contributed by atoms with E-state index < -0.39 is 0 Å². The number of pyridine rings is 1. The predicted octanol–water partition coefficient (Wildman–Crippen LogP) is 6.29. The van der Waals surface area contributed by atoms with Gasteiger partial charge in [0, 0.05) is 30.1 Å². The van der Waals surface area contributed by atoms with Gasteiger partial charge in [-0.2, -0.15) is 5.26 Å². The third-order valence-electron chi connectivity index (χ3n) is 6.41. The Morgan fingerprint density at radius 2 is 1.91 bits per heavy atom. The maximum atomic E-state index is 9.10. The minimum atomic E-state index is 0.144. The molecule has 1 saturated heterocycles. The van der Waals surface area contributed by atoms with Crippen molar-refractivity contribution in [3.05, 3.63) is 63.1 Å². The number of aromatic nitrogens is 2. The summed E-state index contributed by atoms with van der Waals surface area (Å²) in [4.78, 5) is 6.57. The quantitative estimate of drug-likeness (QED) is 0.411. The Morgan fingerprint density at radius 1 is 1.18 bits per heavy atom. The molecule has 5 rings (SSSR count). The Hall–Kier alpha value is -2.59. The molecule has 1 aliphatic carbocycles. The van der Waals surface area contributed by atoms with Gasteiger partial charge in [0.2, 0.25) is 0 Å². The Bertz CT molecular complexity index is 1190. The lowest BCUT2D eigenvalue weighted by atomic mass is 10.0. The van der Waals surface area contributed by atoms with Gasteiger partial charge in [-0.15, -0.1) is 0 Å². The summed E-state index contributed by atoms with van der Waals surface area (Å²) in [5, 5.41) is 14.6. The molecule has 3 heterocycles. The second-order valence-corrected chi connectivity index (χ2v) is 9.53. The van der Waals surface area contributed by atoms with Crippen LogP contribution in [0.1, 0.15) is 54.2 Å². The highest BCUT2D eigenvalue weighted by atomic mass is 35.5. The number of piperidine rings is 1. The van der Waals surface area contributed by atoms with Crippen LogP contribution in [0.5, 0.6) is 0 Å². The molecule has 1 aliphatic heterocycles. The molecular weight excluding hydrogens is 459 g/mol. The van der Waals surface area contributed by atoms with Crippen molar-refractivity contribution < 1.29 is 9.26 Å². The molecule has 0 bridgehead atoms. The summed E-state index contributed by atoms with van der Waals surface area (Å²) >= 11 is 12.9. The monoisotopic (exact) mass is 482 g/mol. The third kappa shape index (κ3) is 4.59. The molecule has 2 fully saturated rings. The summed E-state index contributed by atoms with van der Waals surface area (Å²) in [6, 6.07) is 9.61. The molecule has 0 amide bonds. The van der Waals surface area contributed by atoms with Crippen LogP contribution < -0.4 is 4.90 Å². The zero-order chi connectivity index (χ0) is 22.9. The van der Waals surface area contributed by atoms with E-state index in [0.29, 0.717) is 39.5 Å². The van der Waals surface area contributed by atoms with Crippen LogP contribution >= 0.6 is 23.2 Å². The first kappa shape index (κ1) is 22.2. The number of ether oxygens (including phenoxy) is 1. The zero-order valence-electron chi connectivity index (χ0n) is 18.4. The van der Waals surface area contributed by atoms with Crippen molar-refractivity contribution in [3.63, 3.8) is 0 Å². The van der Waals surface area contributed by atoms with Crippen molar-refractivity contribution >= 4 is 28.9 Å². The number of nitriles is 1. The number of hydrogen-bond acceptors (Lipinski definition) is 6. The van der Waals surface area contributed by atoms with E-state index in [2.05, 4.69) is 21.1 Å². The molecule has 0 radical (unpaired) electrons. The normalized spacial score (nSPS) is 16.7. The van der Waals surface area contributed by atoms with Crippen LogP contribution in [-0.2, 0) is 11.3 Å². The molecule has 8 heteroatoms. The maximum absolute atomic E-state index is 9.10. The molecule has 2 aliphatic rings. The largest absolute Gasteiger partial charge is 0.373 e. The van der Waals surface area contributed by atoms with Gasteiger partial charge in [-0.1, -0.05) is 34.4 Å². The van der Waals surface area contributed by atoms with Crippen molar-refractivity contribution in [2.24, 2.45) is 0 Å². The molecule has 1 aromatic carbocycles. The number of nitrogens with zero attached hydrogens (tertiary/aromatic N) is 4. The van der Waals surface area contributed by atoms with E-state index in [1.165, 1.54) is 0 Å². The van der Waals surface area contributed by atoms with Gasteiger partial charge in [0.05, 0.1) is 34.6 Å². The fourth-order valence-corrected chi connectivity index (χ4v) is 4.96. The van der Waals surface area contributed by atoms with Gasteiger partial charge < -0.3 is 14.2 Å². The first-order chi connectivity index (χ1) is 16.0. The second-order valence-electron chi connectivity index (χ2n) is 8.71. The van der Waals surface area contributed by atoms with Gasteiger partial charge in [0.15, 0.2) is 0 Å². The number of halogens is 2. The second kappa shape index (κ2) is 9.34. The molecule has 0 N–H and O–H groups in total. The van der Waals surface area contributed by atoms with Crippen LogP contribution in [0.25, 0.3) is 11.3 Å². The van der Waals surface area contributed by atoms with Crippen LogP contribution in [-0.4, -0.2) is 29.3 Å². The van der Waals surface area contributed by atoms with E-state index >= 15 is 0 Å². The highest BCUT2D eigenvalue weighted by molar-refractivity contribution is 6.39. The molecule has 0 atom stereocenters. The Kier molecular flexibility index (Phi) is 6.29. The van der Waals surface area contributed by atoms with E-state index in [-0.39, 0.29) is 6.10 Å². The van der Waals surface area contributed by atoms with E-state index in [1.807, 2.05) is 31.2 Å². The van der Waals surface area contributed by atoms with Gasteiger partial charge in [-0.05, 0) is 56.4 Å². The Balaban J connectivity index is 1.28. The smallest absolute Gasteiger partial charge is 0.145 e. The number of aryl methyl sites for hydroxylation is 1. The first-order valence-electron chi connectivity index (χ1n) is 11.2. The minimum Gasteiger partial charge on any atom is -0.373 e. The lowest BCUT2D eigenvalue weighted by Crippen LogP contribution is -2.37. The Labute approximate surface area is 203 Å². The van der Waals surface area contributed by atoms with E-state index in [9.17, 15) is 0 Å². The average Bonchev–Trinajstić information content (AvgIpc) is 3.58. The number of anilines is 1. The van der Waals surface area contributed by atoms with Gasteiger partial charge in [-0.25, -0.2) is 4.98 Å². The average molecular weight is 483 g/mol. The molecule has 33 heavy (non-hydrogen) atoms. The molecule has 3 aromatic rings. The van der Waals surface area contributed by atoms with Crippen LogP contribution in [0, 0.1) is 18.3 Å². The predicted molar refractivity (Wildman–Crippen MR) is 128 cm³/mol. The number of hydrogen-bond donors (Lipinski definition) is 0. The van der Waals surface area contributed by atoms with Gasteiger partial charge in [0.25, 0.3) is 0 Å². The zero-order valence-corrected chi connectivity index (χ0v) is 19.9. The summed E-state index contributed by atoms with van der Waals surface area (Å²) in [7, 11) is 0. The van der Waals surface area contributed by atoms with Gasteiger partial charge in [-0.3, -0.25) is 0 Å². The van der Waals surface area contributed by atoms with E-state index in [0.717, 1.165) is 61.3 Å². The maximum Gasteiger partial charge on any atom is 0.145 e. The summed E-state index contributed by atoms with van der Waals surface area (Å²) in [6.07, 6.45) is 5.95. The highest BCUT2D eigenvalue weighted by Crippen LogP contribution is 2.46. The van der Waals surface area contributed by atoms with Crippen molar-refractivity contribution in [3.8, 4) is 17.3 Å². The Morgan fingerprint density at radius 3 is 2.55 bits per heavy atom. The molecule has 0 unspecified atom stereocenters. The topological polar surface area (TPSA) is 75.2 Å². The van der Waals surface area contributed by atoms with Gasteiger partial charge in [0.1, 0.15) is 23.2 Å². The lowest BCUT2D eigenvalue weighted by Gasteiger charge is -2.33. The highest BCUT2D eigenvalue weighted by Gasteiger charge is 2.34. The number of rotatable bonds is 6. The fourth-order valence-electron chi connectivity index (χ4n) is 4.38. The van der Waals surface area contributed by atoms with Crippen molar-refractivity contribution in [1.82, 2.24) is 10.1 Å². The molecule has 6 nitrogen and oxygen atoms in total. The summed E-state index contributed by atoms with van der Waals surface area (Å²) in [5.41, 5.74) is 4.78. The number of benzene rings is 1. The summed E-state index contributed by atoms with van der Waals surface area (Å²) in [5.74, 6) is 1.30. The minimum absolute atomic E-state index is 0.144.